The number of benzene rings is 1. The summed E-state index contributed by atoms with van der Waals surface area (Å²) in [7, 11) is 3.16. The van der Waals surface area contributed by atoms with Crippen LogP contribution in [-0.2, 0) is 9.47 Å². The minimum Gasteiger partial charge on any atom is -0.493 e. The number of likely N-dealkylation sites (tertiary alicyclic amines) is 1. The van der Waals surface area contributed by atoms with E-state index in [9.17, 15) is 4.79 Å². The van der Waals surface area contributed by atoms with E-state index < -0.39 is 0 Å². The van der Waals surface area contributed by atoms with E-state index in [1.807, 2.05) is 17.9 Å². The van der Waals surface area contributed by atoms with Crippen molar-refractivity contribution in [3.63, 3.8) is 0 Å². The van der Waals surface area contributed by atoms with Gasteiger partial charge in [0.2, 0.25) is 0 Å². The molecule has 2 aliphatic heterocycles. The first-order valence-electron chi connectivity index (χ1n) is 9.62. The van der Waals surface area contributed by atoms with Crippen molar-refractivity contribution in [2.45, 2.75) is 44.3 Å². The van der Waals surface area contributed by atoms with Crippen molar-refractivity contribution in [3.05, 3.63) is 18.2 Å². The van der Waals surface area contributed by atoms with Crippen LogP contribution in [0.2, 0.25) is 0 Å². The van der Waals surface area contributed by atoms with Crippen LogP contribution in [0.5, 0.6) is 11.5 Å². The third-order valence-corrected chi connectivity index (χ3v) is 5.45. The largest absolute Gasteiger partial charge is 0.493 e. The summed E-state index contributed by atoms with van der Waals surface area (Å²) < 4.78 is 22.4. The van der Waals surface area contributed by atoms with E-state index in [4.69, 9.17) is 18.9 Å². The van der Waals surface area contributed by atoms with Crippen molar-refractivity contribution in [2.24, 2.45) is 0 Å². The van der Waals surface area contributed by atoms with Crippen LogP contribution in [0.4, 0.5) is 10.5 Å². The minimum absolute atomic E-state index is 0.103. The zero-order chi connectivity index (χ0) is 19.3. The molecule has 3 rings (SSSR count). The van der Waals surface area contributed by atoms with E-state index in [0.717, 1.165) is 38.9 Å². The van der Waals surface area contributed by atoms with Gasteiger partial charge in [0.15, 0.2) is 11.5 Å². The first-order chi connectivity index (χ1) is 13.1. The number of nitrogens with zero attached hydrogens (tertiary/aromatic N) is 1. The molecule has 7 nitrogen and oxygen atoms in total. The highest BCUT2D eigenvalue weighted by Gasteiger charge is 2.41. The molecule has 1 aromatic rings. The number of urea groups is 1. The highest BCUT2D eigenvalue weighted by Crippen LogP contribution is 2.36. The number of amides is 2. The third-order valence-electron chi connectivity index (χ3n) is 5.45. The number of hydrogen-bond acceptors (Lipinski definition) is 5. The van der Waals surface area contributed by atoms with E-state index in [0.29, 0.717) is 30.3 Å². The van der Waals surface area contributed by atoms with Gasteiger partial charge < -0.3 is 29.2 Å². The number of rotatable bonds is 5. The maximum absolute atomic E-state index is 12.6. The monoisotopic (exact) mass is 378 g/mol. The summed E-state index contributed by atoms with van der Waals surface area (Å²) in [6, 6.07) is 5.25. The van der Waals surface area contributed by atoms with Crippen LogP contribution < -0.4 is 14.8 Å². The first kappa shape index (κ1) is 19.8. The minimum atomic E-state index is -0.141. The van der Waals surface area contributed by atoms with E-state index in [2.05, 4.69) is 5.32 Å². The van der Waals surface area contributed by atoms with Gasteiger partial charge in [-0.3, -0.25) is 0 Å². The molecule has 150 valence electrons. The van der Waals surface area contributed by atoms with Crippen molar-refractivity contribution in [2.75, 3.05) is 45.8 Å². The molecule has 1 atom stereocenters. The fourth-order valence-electron chi connectivity index (χ4n) is 3.94. The topological polar surface area (TPSA) is 69.3 Å². The molecule has 0 saturated carbocycles. The second-order valence-corrected chi connectivity index (χ2v) is 7.09. The summed E-state index contributed by atoms with van der Waals surface area (Å²) >= 11 is 0. The van der Waals surface area contributed by atoms with Gasteiger partial charge in [-0.15, -0.1) is 0 Å². The van der Waals surface area contributed by atoms with Crippen LogP contribution in [-0.4, -0.2) is 63.2 Å². The maximum Gasteiger partial charge on any atom is 0.321 e. The Bertz CT molecular complexity index is 641. The van der Waals surface area contributed by atoms with Gasteiger partial charge in [-0.1, -0.05) is 0 Å². The lowest BCUT2D eigenvalue weighted by molar-refractivity contribution is -0.150. The highest BCUT2D eigenvalue weighted by atomic mass is 16.5. The molecule has 2 saturated heterocycles. The Labute approximate surface area is 160 Å². The van der Waals surface area contributed by atoms with Crippen molar-refractivity contribution >= 4 is 11.7 Å². The lowest BCUT2D eigenvalue weighted by atomic mass is 9.83. The van der Waals surface area contributed by atoms with Crippen LogP contribution >= 0.6 is 0 Å². The molecule has 1 N–H and O–H groups in total. The molecule has 1 spiro atoms. The fraction of sp³-hybridized carbons (Fsp3) is 0.650. The van der Waals surface area contributed by atoms with Gasteiger partial charge in [-0.05, 0) is 38.3 Å². The number of ether oxygens (including phenoxy) is 4. The number of hydrogen-bond donors (Lipinski definition) is 1. The van der Waals surface area contributed by atoms with Gasteiger partial charge in [0.25, 0.3) is 0 Å². The molecule has 0 aromatic heterocycles. The Hall–Kier alpha value is -1.99. The summed E-state index contributed by atoms with van der Waals surface area (Å²) in [6.07, 6.45) is 3.84. The van der Waals surface area contributed by atoms with Gasteiger partial charge in [0.1, 0.15) is 0 Å². The lowest BCUT2D eigenvalue weighted by Crippen LogP contribution is -2.52. The normalized spacial score (nSPS) is 21.7. The molecule has 7 heteroatoms. The number of carbonyl (C=O) groups is 1. The molecule has 0 bridgehead atoms. The van der Waals surface area contributed by atoms with Gasteiger partial charge in [0.05, 0.1) is 25.9 Å². The Kier molecular flexibility index (Phi) is 6.44. The number of methoxy groups -OCH3 is 2. The molecule has 2 amide bonds. The summed E-state index contributed by atoms with van der Waals surface area (Å²) in [5, 5.41) is 2.94. The van der Waals surface area contributed by atoms with Gasteiger partial charge in [-0.2, -0.15) is 0 Å². The second-order valence-electron chi connectivity index (χ2n) is 7.09. The number of carbonyl (C=O) groups excluding carboxylic acids is 1. The Balaban J connectivity index is 1.56. The smallest absolute Gasteiger partial charge is 0.321 e. The molecule has 0 radical (unpaired) electrons. The SMILES string of the molecule is CCOC1CCOC2(CCN(C(=O)Nc3ccc(OC)c(OC)c3)CC2)C1. The molecule has 1 aromatic carbocycles. The van der Waals surface area contributed by atoms with Crippen molar-refractivity contribution < 1.29 is 23.7 Å². The zero-order valence-electron chi connectivity index (χ0n) is 16.5. The van der Waals surface area contributed by atoms with Crippen molar-refractivity contribution in [3.8, 4) is 11.5 Å². The summed E-state index contributed by atoms with van der Waals surface area (Å²) in [4.78, 5) is 14.5. The maximum atomic E-state index is 12.6. The van der Waals surface area contributed by atoms with Crippen LogP contribution in [0.3, 0.4) is 0 Å². The standard InChI is InChI=1S/C20H30N2O5/c1-4-26-16-7-12-27-20(14-16)8-10-22(11-9-20)19(23)21-15-5-6-17(24-2)18(13-15)25-3/h5-6,13,16H,4,7-12,14H2,1-3H3,(H,21,23). The van der Waals surface area contributed by atoms with E-state index in [1.165, 1.54) is 0 Å². The number of anilines is 1. The van der Waals surface area contributed by atoms with Gasteiger partial charge in [0, 0.05) is 44.5 Å². The van der Waals surface area contributed by atoms with Crippen molar-refractivity contribution in [1.29, 1.82) is 0 Å². The lowest BCUT2D eigenvalue weighted by Gasteiger charge is -2.45. The summed E-state index contributed by atoms with van der Waals surface area (Å²) in [5.41, 5.74) is 0.543. The predicted octanol–water partition coefficient (Wildman–Crippen LogP) is 3.29. The number of nitrogens with one attached hydrogen (secondary N) is 1. The quantitative estimate of drug-likeness (QED) is 0.851. The average Bonchev–Trinajstić information content (AvgIpc) is 2.68. The van der Waals surface area contributed by atoms with Crippen molar-refractivity contribution in [1.82, 2.24) is 4.90 Å². The Morgan fingerprint density at radius 1 is 1.26 bits per heavy atom. The Morgan fingerprint density at radius 3 is 2.67 bits per heavy atom. The molecule has 2 fully saturated rings. The molecule has 1 unspecified atom stereocenters. The van der Waals surface area contributed by atoms with Gasteiger partial charge in [-0.25, -0.2) is 4.79 Å². The summed E-state index contributed by atoms with van der Waals surface area (Å²) in [5.74, 6) is 1.22. The third kappa shape index (κ3) is 4.65. The zero-order valence-corrected chi connectivity index (χ0v) is 16.5. The Morgan fingerprint density at radius 2 is 2.00 bits per heavy atom. The predicted molar refractivity (Wildman–Crippen MR) is 103 cm³/mol. The second kappa shape index (κ2) is 8.80. The van der Waals surface area contributed by atoms with Crippen LogP contribution in [0.25, 0.3) is 0 Å². The van der Waals surface area contributed by atoms with Crippen LogP contribution in [0.1, 0.15) is 32.6 Å². The average molecular weight is 378 g/mol. The first-order valence-corrected chi connectivity index (χ1v) is 9.62. The highest BCUT2D eigenvalue weighted by molar-refractivity contribution is 5.89. The molecule has 0 aliphatic carbocycles. The molecule has 27 heavy (non-hydrogen) atoms. The molecular weight excluding hydrogens is 348 g/mol. The summed E-state index contributed by atoms with van der Waals surface area (Å²) in [6.45, 7) is 4.86. The van der Waals surface area contributed by atoms with E-state index in [1.54, 1.807) is 26.4 Å². The van der Waals surface area contributed by atoms with Crippen LogP contribution in [0, 0.1) is 0 Å². The molecular formula is C20H30N2O5. The van der Waals surface area contributed by atoms with Crippen LogP contribution in [0.15, 0.2) is 18.2 Å². The number of piperidine rings is 1. The molecule has 2 heterocycles. The van der Waals surface area contributed by atoms with Gasteiger partial charge >= 0.3 is 6.03 Å². The van der Waals surface area contributed by atoms with E-state index >= 15 is 0 Å². The van der Waals surface area contributed by atoms with E-state index in [-0.39, 0.29) is 17.7 Å². The molecule has 2 aliphatic rings. The fourth-order valence-corrected chi connectivity index (χ4v) is 3.94.